The Morgan fingerprint density at radius 3 is 0.980 bits per heavy atom. The van der Waals surface area contributed by atoms with Crippen LogP contribution in [0.3, 0.4) is 0 Å². The van der Waals surface area contributed by atoms with E-state index in [9.17, 15) is 0 Å². The maximum atomic E-state index is 2.53. The van der Waals surface area contributed by atoms with Crippen LogP contribution in [-0.2, 0) is 0 Å². The molecule has 2 aromatic heterocycles. The molecule has 0 spiro atoms. The number of hydrogen-bond donors (Lipinski definition) is 0. The van der Waals surface area contributed by atoms with Gasteiger partial charge in [0.05, 0.1) is 45.2 Å². The highest BCUT2D eigenvalue weighted by Gasteiger charge is 2.39. The van der Waals surface area contributed by atoms with Crippen molar-refractivity contribution >= 4 is 112 Å². The Hall–Kier alpha value is -13.4. The summed E-state index contributed by atoms with van der Waals surface area (Å²) in [7, 11) is 0. The van der Waals surface area contributed by atoms with Crippen LogP contribution >= 0.6 is 0 Å². The Balaban J connectivity index is 0.869. The molecule has 3 heterocycles. The molecule has 0 saturated carbocycles. The molecular weight excluding hydrogens is 1240 g/mol. The number of anilines is 11. The normalized spacial score (nSPS) is 13.9. The van der Waals surface area contributed by atoms with E-state index >= 15 is 0 Å². The summed E-state index contributed by atoms with van der Waals surface area (Å²) in [5.74, 6) is 0.0556. The number of allylic oxidation sites excluding steroid dienone is 2. The number of para-hydroxylation sites is 6. The van der Waals surface area contributed by atoms with Gasteiger partial charge in [-0.25, -0.2) is 0 Å². The highest BCUT2D eigenvalue weighted by molar-refractivity contribution is 6.13. The van der Waals surface area contributed by atoms with Crippen LogP contribution < -0.4 is 19.6 Å². The zero-order valence-electron chi connectivity index (χ0n) is 55.9. The minimum atomic E-state index is 0.0556. The van der Waals surface area contributed by atoms with Gasteiger partial charge in [0.2, 0.25) is 0 Å². The van der Waals surface area contributed by atoms with Crippen molar-refractivity contribution in [3.05, 3.63) is 412 Å². The fourth-order valence-corrected chi connectivity index (χ4v) is 15.9. The predicted molar refractivity (Wildman–Crippen MR) is 429 cm³/mol. The smallest absolute Gasteiger partial charge is 0.0630 e. The summed E-state index contributed by atoms with van der Waals surface area (Å²) in [5, 5.41) is 4.65. The van der Waals surface area contributed by atoms with E-state index in [0.29, 0.717) is 0 Å². The quantitative estimate of drug-likeness (QED) is 0.102. The van der Waals surface area contributed by atoms with Gasteiger partial charge < -0.3 is 28.7 Å². The second-order valence-electron chi connectivity index (χ2n) is 26.5. The summed E-state index contributed by atoms with van der Waals surface area (Å²) >= 11 is 0. The number of hydrogen-bond acceptors (Lipinski definition) is 4. The minimum absolute atomic E-state index is 0.0556. The molecule has 1 aliphatic heterocycles. The van der Waals surface area contributed by atoms with Gasteiger partial charge >= 0.3 is 0 Å². The summed E-state index contributed by atoms with van der Waals surface area (Å²) in [5.41, 5.74) is 26.6. The third-order valence-electron chi connectivity index (χ3n) is 20.5. The molecule has 0 saturated heterocycles. The largest absolute Gasteiger partial charge is 0.333 e. The lowest BCUT2D eigenvalue weighted by Gasteiger charge is -2.33. The topological polar surface area (TPSA) is 22.8 Å². The lowest BCUT2D eigenvalue weighted by Crippen LogP contribution is -2.28. The van der Waals surface area contributed by atoms with Crippen molar-refractivity contribution in [2.24, 2.45) is 0 Å². The highest BCUT2D eigenvalue weighted by atomic mass is 15.2. The molecule has 17 aromatic rings. The molecule has 6 heteroatoms. The monoisotopic (exact) mass is 1300 g/mol. The van der Waals surface area contributed by atoms with Crippen LogP contribution in [-0.4, -0.2) is 15.2 Å². The molecule has 482 valence electrons. The van der Waals surface area contributed by atoms with E-state index in [1.165, 1.54) is 61.1 Å². The Labute approximate surface area is 594 Å². The maximum absolute atomic E-state index is 2.53. The molecule has 102 heavy (non-hydrogen) atoms. The minimum Gasteiger partial charge on any atom is -0.333 e. The summed E-state index contributed by atoms with van der Waals surface area (Å²) in [4.78, 5) is 9.93. The van der Waals surface area contributed by atoms with E-state index in [-0.39, 0.29) is 12.0 Å². The van der Waals surface area contributed by atoms with Crippen LogP contribution in [0.5, 0.6) is 0 Å². The first kappa shape index (κ1) is 59.8. The summed E-state index contributed by atoms with van der Waals surface area (Å²) < 4.78 is 4.83. The van der Waals surface area contributed by atoms with Gasteiger partial charge in [-0.15, -0.1) is 0 Å². The maximum Gasteiger partial charge on any atom is 0.0630 e. The third kappa shape index (κ3) is 10.6. The van der Waals surface area contributed by atoms with Gasteiger partial charge in [0.25, 0.3) is 0 Å². The van der Waals surface area contributed by atoms with Gasteiger partial charge in [0, 0.05) is 84.3 Å². The first-order valence-corrected chi connectivity index (χ1v) is 35.1. The van der Waals surface area contributed by atoms with Crippen LogP contribution in [0.2, 0.25) is 0 Å². The molecule has 0 radical (unpaired) electrons. The molecule has 0 N–H and O–H groups in total. The first-order chi connectivity index (χ1) is 50.6. The van der Waals surface area contributed by atoms with E-state index in [1.54, 1.807) is 0 Å². The second kappa shape index (κ2) is 25.5. The number of fused-ring (bicyclic) bond motifs is 9. The van der Waals surface area contributed by atoms with E-state index in [4.69, 9.17) is 0 Å². The van der Waals surface area contributed by atoms with E-state index in [1.807, 2.05) is 0 Å². The zero-order chi connectivity index (χ0) is 67.5. The molecule has 0 amide bonds. The van der Waals surface area contributed by atoms with Crippen molar-refractivity contribution in [1.29, 1.82) is 0 Å². The molecule has 0 fully saturated rings. The standard InChI is InChI=1S/C96H68N6/c1-10-28-67(29-11-1)70-46-52-91-85(58-70)88-64-79(49-55-94(88)100(91)76-40-22-7-23-41-76)97(73-34-16-4-17-35-73)82-61-83(98(74-36-18-5-19-37-74)80-50-56-95-89(65-80)86-59-71(68-30-12-2-13-31-68)47-53-92(86)101(95)77-42-24-8-25-43-77)63-84(62-82)99(75-38-20-6-21-39-75)81-51-57-96-90(66-81)87-60-72(69-32-14-3-15-33-69)48-54-93(87)102(96)78-44-26-9-27-45-78/h1-66,85,91H. The fraction of sp³-hybridized carbons (Fsp3) is 0.0208. The van der Waals surface area contributed by atoms with Crippen molar-refractivity contribution in [2.45, 2.75) is 12.0 Å². The Kier molecular flexibility index (Phi) is 14.9. The first-order valence-electron chi connectivity index (χ1n) is 35.1. The van der Waals surface area contributed by atoms with E-state index in [2.05, 4.69) is 429 Å². The van der Waals surface area contributed by atoms with Crippen molar-refractivity contribution in [1.82, 2.24) is 9.13 Å². The van der Waals surface area contributed by atoms with Gasteiger partial charge in [-0.05, 0) is 209 Å². The van der Waals surface area contributed by atoms with Crippen LogP contribution in [0.25, 0.3) is 82.8 Å². The van der Waals surface area contributed by atoms with Gasteiger partial charge in [0.15, 0.2) is 0 Å². The molecule has 0 bridgehead atoms. The third-order valence-corrected chi connectivity index (χ3v) is 20.5. The van der Waals surface area contributed by atoms with E-state index in [0.717, 1.165) is 95.4 Å². The summed E-state index contributed by atoms with van der Waals surface area (Å²) in [6, 6.07) is 140. The van der Waals surface area contributed by atoms with Crippen molar-refractivity contribution in [3.63, 3.8) is 0 Å². The zero-order valence-corrected chi connectivity index (χ0v) is 55.9. The lowest BCUT2D eigenvalue weighted by atomic mass is 9.86. The molecule has 19 rings (SSSR count). The molecule has 2 unspecified atom stereocenters. The van der Waals surface area contributed by atoms with Crippen molar-refractivity contribution in [2.75, 3.05) is 19.6 Å². The van der Waals surface area contributed by atoms with Crippen molar-refractivity contribution < 1.29 is 0 Å². The molecule has 1 aliphatic carbocycles. The SMILES string of the molecule is C1=CC2C(C=C1c1ccccc1)c1cc(N(c3ccccc3)c3cc(N(c4ccccc4)c4ccc5c(c4)c4cc(-c6ccccc6)ccc4n5-c4ccccc4)cc(N(c4ccccc4)c4ccc5c(c4)c4cc(-c6ccccc6)ccc4n5-c4ccccc4)c3)ccc1N2c1ccccc1. The van der Waals surface area contributed by atoms with Crippen molar-refractivity contribution in [3.8, 4) is 33.6 Å². The molecule has 6 nitrogen and oxygen atoms in total. The van der Waals surface area contributed by atoms with Gasteiger partial charge in [-0.2, -0.15) is 0 Å². The van der Waals surface area contributed by atoms with Crippen LogP contribution in [0.4, 0.5) is 62.6 Å². The van der Waals surface area contributed by atoms with Gasteiger partial charge in [-0.1, -0.05) is 231 Å². The van der Waals surface area contributed by atoms with Crippen LogP contribution in [0.15, 0.2) is 400 Å². The van der Waals surface area contributed by atoms with Crippen LogP contribution in [0.1, 0.15) is 17.0 Å². The Bertz CT molecular complexity index is 5740. The predicted octanol–water partition coefficient (Wildman–Crippen LogP) is 25.9. The lowest BCUT2D eigenvalue weighted by molar-refractivity contribution is 0.747. The fourth-order valence-electron chi connectivity index (χ4n) is 15.9. The van der Waals surface area contributed by atoms with Gasteiger partial charge in [-0.3, -0.25) is 0 Å². The highest BCUT2D eigenvalue weighted by Crippen LogP contribution is 2.54. The Morgan fingerprint density at radius 1 is 0.235 bits per heavy atom. The number of nitrogens with zero attached hydrogens (tertiary/aromatic N) is 6. The Morgan fingerprint density at radius 2 is 0.569 bits per heavy atom. The molecule has 2 aliphatic rings. The average Bonchev–Trinajstić information content (AvgIpc) is 1.55. The average molecular weight is 1310 g/mol. The van der Waals surface area contributed by atoms with E-state index < -0.39 is 0 Å². The van der Waals surface area contributed by atoms with Crippen LogP contribution in [0, 0.1) is 0 Å². The summed E-state index contributed by atoms with van der Waals surface area (Å²) in [6.07, 6.45) is 7.24. The number of rotatable bonds is 15. The van der Waals surface area contributed by atoms with Gasteiger partial charge in [0.1, 0.15) is 0 Å². The molecular formula is C96H68N6. The number of benzene rings is 15. The molecule has 15 aromatic carbocycles. The molecule has 2 atom stereocenters. The number of aromatic nitrogens is 2. The summed E-state index contributed by atoms with van der Waals surface area (Å²) in [6.45, 7) is 0. The second-order valence-corrected chi connectivity index (χ2v) is 26.5.